The Labute approximate surface area is 721 Å². The molecule has 5 aromatic rings. The molecule has 4 aliphatic rings. The third kappa shape index (κ3) is 30.1. The largest absolute Gasteiger partial charge is 0.492 e. The highest BCUT2D eigenvalue weighted by atomic mass is 16.6. The van der Waals surface area contributed by atoms with Gasteiger partial charge in [-0.25, -0.2) is 38.6 Å². The molecule has 15 atom stereocenters. The summed E-state index contributed by atoms with van der Waals surface area (Å²) in [7, 11) is 0. The van der Waals surface area contributed by atoms with Crippen molar-refractivity contribution in [2.75, 3.05) is 36.1 Å². The average Bonchev–Trinajstić information content (AvgIpc) is 1.62. The van der Waals surface area contributed by atoms with Crippen LogP contribution in [0.5, 0.6) is 5.88 Å². The Morgan fingerprint density at radius 3 is 2.22 bits per heavy atom. The number of carboxylic acids is 1. The van der Waals surface area contributed by atoms with Gasteiger partial charge in [-0.15, -0.1) is 5.10 Å². The Balaban J connectivity index is 0.729. The number of nitrogens with zero attached hydrogens (tertiary/aromatic N) is 7. The van der Waals surface area contributed by atoms with Crippen LogP contribution >= 0.6 is 0 Å². The minimum Gasteiger partial charge on any atom is -0.492 e. The minimum atomic E-state index is -1.23. The Morgan fingerprint density at radius 1 is 0.790 bits per heavy atom. The van der Waals surface area contributed by atoms with Crippen LogP contribution in [0.1, 0.15) is 178 Å². The first-order valence-corrected chi connectivity index (χ1v) is 42.6. The number of carbonyl (C=O) groups is 10. The average molecular weight is 1720 g/mol. The summed E-state index contributed by atoms with van der Waals surface area (Å²) in [5, 5.41) is 65.7. The zero-order chi connectivity index (χ0) is 89.5. The number of anilines is 3. The molecule has 9 rings (SSSR count). The number of alkyl carbamates (subject to hydrolysis) is 2. The van der Waals surface area contributed by atoms with Gasteiger partial charge in [-0.3, -0.25) is 24.0 Å². The molecule has 0 bridgehead atoms. The number of hydrogen-bond acceptors (Lipinski definition) is 25. The number of aromatic hydroxyl groups is 1. The lowest BCUT2D eigenvalue weighted by Crippen LogP contribution is -2.54. The highest BCUT2D eigenvalue weighted by molar-refractivity contribution is 5.98. The van der Waals surface area contributed by atoms with E-state index in [0.29, 0.717) is 79.8 Å². The number of aliphatic hydroxyl groups is 1. The molecule has 9 amide bonds. The van der Waals surface area contributed by atoms with Crippen LogP contribution in [0.4, 0.5) is 31.7 Å². The predicted octanol–water partition coefficient (Wildman–Crippen LogP) is 7.77. The molecule has 124 heavy (non-hydrogen) atoms. The molecule has 36 heteroatoms. The van der Waals surface area contributed by atoms with Gasteiger partial charge in [-0.05, 0) is 195 Å². The quantitative estimate of drug-likeness (QED) is 0.00582. The number of aliphatic carboxylic acids is 1. The molecule has 2 aliphatic carbocycles. The van der Waals surface area contributed by atoms with Crippen LogP contribution < -0.4 is 65.1 Å². The summed E-state index contributed by atoms with van der Waals surface area (Å²) in [5.74, 6) is -4.90. The first kappa shape index (κ1) is 95.7. The molecular formula is C88H121N19O17. The van der Waals surface area contributed by atoms with E-state index in [2.05, 4.69) is 91.1 Å². The SMILES string of the molecule is C/C=C/[C@@H]1O[C@H]([C@@H](/C=C/C=C(\C)C[C@@H](C)/C=C(C)\C=C\[C@H]2CC=CC(=O)O2)NC(=O)OCc2ccc(NC(=O)[C@H](CCCNC(N)=O)NC(=O)[C@@H](NC(=O)OC[C@@H]3[C@@H]4CCc5nnn(CCC[C@H](NC(=O)CC[C@@H](C)NC(=O)c6ccc(NCc7cnc8nc(N)nc(O)c8n7)cc6)C(=O)N[C@H](CCCCN)C(=O)O)c5CC[C@@H]43)C(C)C)cc2)C[C@@H](O)[C@@H]1C. The van der Waals surface area contributed by atoms with Crippen LogP contribution in [-0.2, 0) is 80.3 Å². The van der Waals surface area contributed by atoms with Crippen molar-refractivity contribution in [1.82, 2.24) is 72.1 Å². The van der Waals surface area contributed by atoms with Gasteiger partial charge in [0.2, 0.25) is 35.5 Å². The van der Waals surface area contributed by atoms with E-state index in [1.54, 1.807) is 80.1 Å². The number of aryl methyl sites for hydroxylation is 2. The fourth-order valence-corrected chi connectivity index (χ4v) is 15.5. The number of unbranched alkanes of at least 4 members (excludes halogenated alkanes) is 1. The number of rotatable bonds is 44. The van der Waals surface area contributed by atoms with Gasteiger partial charge >= 0.3 is 30.2 Å². The molecule has 0 spiro atoms. The lowest BCUT2D eigenvalue weighted by molar-refractivity contribution is -0.142. The fourth-order valence-electron chi connectivity index (χ4n) is 15.5. The number of cyclic esters (lactones) is 1. The zero-order valence-corrected chi connectivity index (χ0v) is 71.7. The molecule has 3 aromatic heterocycles. The number of nitrogen functional groups attached to an aromatic ring is 1. The maximum Gasteiger partial charge on any atom is 0.408 e. The number of ether oxygens (including phenoxy) is 4. The number of carbonyl (C=O) groups excluding carboxylic acids is 9. The minimum absolute atomic E-state index is 0.0229. The van der Waals surface area contributed by atoms with E-state index in [1.807, 2.05) is 70.2 Å². The molecule has 1 saturated heterocycles. The van der Waals surface area contributed by atoms with Crippen molar-refractivity contribution < 1.29 is 82.2 Å². The van der Waals surface area contributed by atoms with Gasteiger partial charge in [0.05, 0.1) is 60.8 Å². The van der Waals surface area contributed by atoms with E-state index in [9.17, 15) is 63.3 Å². The van der Waals surface area contributed by atoms with Crippen molar-refractivity contribution in [3.8, 4) is 5.88 Å². The van der Waals surface area contributed by atoms with Gasteiger partial charge < -0.3 is 99.3 Å². The molecule has 2 aromatic carbocycles. The van der Waals surface area contributed by atoms with E-state index in [1.165, 1.54) is 12.3 Å². The van der Waals surface area contributed by atoms with E-state index in [0.717, 1.165) is 41.8 Å². The number of nitrogens with one attached hydrogen (secondary N) is 9. The summed E-state index contributed by atoms with van der Waals surface area (Å²) < 4.78 is 25.2. The molecule has 0 radical (unpaired) electrons. The van der Waals surface area contributed by atoms with Gasteiger partial charge in [0, 0.05) is 67.3 Å². The maximum absolute atomic E-state index is 14.2. The number of aliphatic hydroxyl groups excluding tert-OH is 1. The van der Waals surface area contributed by atoms with Crippen LogP contribution in [0.15, 0.2) is 127 Å². The van der Waals surface area contributed by atoms with E-state index in [4.69, 9.17) is 36.1 Å². The molecule has 5 heterocycles. The van der Waals surface area contributed by atoms with E-state index >= 15 is 0 Å². The van der Waals surface area contributed by atoms with Gasteiger partial charge in [0.25, 0.3) is 5.91 Å². The first-order chi connectivity index (χ1) is 59.4. The normalized spacial score (nSPS) is 20.6. The Bertz CT molecular complexity index is 4680. The summed E-state index contributed by atoms with van der Waals surface area (Å²) in [6.45, 7) is 16.1. The van der Waals surface area contributed by atoms with Gasteiger partial charge in [0.1, 0.15) is 36.9 Å². The number of amides is 9. The van der Waals surface area contributed by atoms with Crippen molar-refractivity contribution >= 4 is 88.2 Å². The number of aromatic nitrogens is 7. The van der Waals surface area contributed by atoms with Gasteiger partial charge in [-0.1, -0.05) is 105 Å². The van der Waals surface area contributed by atoms with Crippen LogP contribution in [0, 0.1) is 35.5 Å². The number of nitrogens with two attached hydrogens (primary N) is 3. The smallest absolute Gasteiger partial charge is 0.408 e. The number of benzene rings is 2. The van der Waals surface area contributed by atoms with Crippen molar-refractivity contribution in [2.45, 2.75) is 238 Å². The standard InChI is InChI=1S/C88H121N19O17/c1-9-16-72-55(8)71(108)45-73(124-72)66(20-12-17-51(4)43-53(6)44-52(5)24-34-61-18-13-23-75(110)123-61)101-87(119)121-48-56-26-30-59(31-27-56)97-80(112)68(21-14-41-92-86(91)118)99-82(114)76(50(2)3)102-88(120)122-49-64-62-35-37-65-70(38-36-63(62)64)107(106-105-65)42-15-22-67(81(113)100-69(84(116)117)19-10-11-40-89)98-74(109)39-25-54(7)95-79(111)57-28-32-58(33-29-57)93-46-60-47-94-78-77(96-60)83(115)104-85(90)103-78/h9,12-13,16-17,20,23-24,26-34,44,47,50,53-55,61-64,66-69,71-73,76,93,108H,10-11,14-15,18-19,21-22,25,35-43,45-46,48-49,89H2,1-8H3,(H,95,111)(H,97,112)(H,98,109)(H,99,114)(H,100,113)(H,101,119)(H,102,120)(H,116,117)(H3,91,92,118)(H3,90,94,103,104,115)/b16-9+,20-12+,34-24+,51-17+,52-44-/t53-,54-,55+,61-,62-,63+,64-,66-,67+,68+,69-,71-,72+,73+,76+/m1/s1. The highest BCUT2D eigenvalue weighted by Gasteiger charge is 2.51. The Hall–Kier alpha value is -12.2. The molecule has 670 valence electrons. The lowest BCUT2D eigenvalue weighted by Gasteiger charge is -2.39. The van der Waals surface area contributed by atoms with Crippen LogP contribution in [0.25, 0.3) is 11.2 Å². The summed E-state index contributed by atoms with van der Waals surface area (Å²) in [4.78, 5) is 148. The monoisotopic (exact) mass is 1720 g/mol. The maximum atomic E-state index is 14.2. The van der Waals surface area contributed by atoms with E-state index in [-0.39, 0.29) is 136 Å². The predicted molar refractivity (Wildman–Crippen MR) is 462 cm³/mol. The topological polar surface area (TPSA) is 537 Å². The number of carboxylic acid groups (broad SMARTS) is 1. The summed E-state index contributed by atoms with van der Waals surface area (Å²) >= 11 is 0. The van der Waals surface area contributed by atoms with Crippen LogP contribution in [0.3, 0.4) is 0 Å². The highest BCUT2D eigenvalue weighted by Crippen LogP contribution is 2.53. The third-order valence-electron chi connectivity index (χ3n) is 22.4. The lowest BCUT2D eigenvalue weighted by atomic mass is 9.87. The molecule has 2 aliphatic heterocycles. The summed E-state index contributed by atoms with van der Waals surface area (Å²) in [5.41, 5.74) is 23.2. The van der Waals surface area contributed by atoms with Crippen molar-refractivity contribution in [3.05, 3.63) is 155 Å². The number of esters is 1. The number of primary amides is 1. The number of hydrogen-bond donors (Lipinski definition) is 15. The second-order valence-electron chi connectivity index (χ2n) is 32.7. The zero-order valence-electron chi connectivity index (χ0n) is 71.7. The second kappa shape index (κ2) is 47.5. The van der Waals surface area contributed by atoms with Crippen molar-refractivity contribution in [1.29, 1.82) is 0 Å². The molecule has 36 nitrogen and oxygen atoms in total. The molecular weight excluding hydrogens is 1600 g/mol. The number of urea groups is 1. The number of allylic oxidation sites excluding steroid dienone is 7. The van der Waals surface area contributed by atoms with Gasteiger partial charge in [-0.2, -0.15) is 9.97 Å². The Kier molecular flexibility index (Phi) is 36.6. The first-order valence-electron chi connectivity index (χ1n) is 42.6. The van der Waals surface area contributed by atoms with E-state index < -0.39 is 114 Å². The summed E-state index contributed by atoms with van der Waals surface area (Å²) in [6, 6.07) is 6.67. The second-order valence-corrected chi connectivity index (χ2v) is 32.7. The molecule has 0 unspecified atom stereocenters. The molecule has 18 N–H and O–H groups in total. The number of fused-ring (bicyclic) bond motifs is 3. The molecule has 2 fully saturated rings. The van der Waals surface area contributed by atoms with Crippen LogP contribution in [-0.4, -0.2) is 190 Å². The summed E-state index contributed by atoms with van der Waals surface area (Å²) in [6.07, 6.45) is 22.9. The van der Waals surface area contributed by atoms with Crippen molar-refractivity contribution in [3.63, 3.8) is 0 Å². The van der Waals surface area contributed by atoms with Gasteiger partial charge in [0.15, 0.2) is 11.2 Å². The third-order valence-corrected chi connectivity index (χ3v) is 22.4. The Morgan fingerprint density at radius 2 is 1.50 bits per heavy atom. The van der Waals surface area contributed by atoms with Crippen molar-refractivity contribution in [2.24, 2.45) is 47.0 Å². The molecule has 1 saturated carbocycles. The fraction of sp³-hybridized carbons (Fsp3) is 0.523. The van der Waals surface area contributed by atoms with Crippen LogP contribution in [0.2, 0.25) is 0 Å².